The number of nitrogens with zero attached hydrogens (tertiary/aromatic N) is 3. The fourth-order valence-electron chi connectivity index (χ4n) is 2.78. The molecule has 0 saturated carbocycles. The van der Waals surface area contributed by atoms with E-state index in [1.807, 2.05) is 20.8 Å². The molecule has 7 nitrogen and oxygen atoms in total. The number of hydrogen-bond acceptors (Lipinski definition) is 6. The van der Waals surface area contributed by atoms with Gasteiger partial charge in [-0.25, -0.2) is 9.78 Å². The molecule has 0 radical (unpaired) electrons. The molecule has 3 N–H and O–H groups in total. The number of aromatic nitrogens is 2. The molecule has 1 aliphatic heterocycles. The van der Waals surface area contributed by atoms with E-state index in [9.17, 15) is 4.79 Å². The molecule has 0 spiro atoms. The van der Waals surface area contributed by atoms with Gasteiger partial charge in [0.15, 0.2) is 0 Å². The normalized spacial score (nSPS) is 17.8. The molecule has 1 aliphatic rings. The van der Waals surface area contributed by atoms with Gasteiger partial charge in [0.25, 0.3) is 0 Å². The third-order valence-electron chi connectivity index (χ3n) is 3.90. The smallest absolute Gasteiger partial charge is 0.410 e. The number of nitrogens with one attached hydrogen (secondary N) is 1. The molecule has 134 valence electrons. The largest absolute Gasteiger partial charge is 0.444 e. The van der Waals surface area contributed by atoms with Crippen LogP contribution in [0.5, 0.6) is 0 Å². The molecule has 2 aromatic heterocycles. The first-order valence-corrected chi connectivity index (χ1v) is 8.56. The number of carbonyl (C=O) groups excluding carboxylic acids is 1. The molecule has 3 rings (SSSR count). The van der Waals surface area contributed by atoms with Crippen LogP contribution in [0, 0.1) is 0 Å². The maximum absolute atomic E-state index is 12.2. The number of nitrogens with two attached hydrogens (primary N) is 1. The molecule has 0 bridgehead atoms. The third-order valence-corrected chi connectivity index (χ3v) is 4.11. The van der Waals surface area contributed by atoms with Crippen LogP contribution in [0.15, 0.2) is 18.3 Å². The van der Waals surface area contributed by atoms with E-state index in [2.05, 4.69) is 15.3 Å². The molecule has 25 heavy (non-hydrogen) atoms. The first-order valence-electron chi connectivity index (χ1n) is 8.18. The van der Waals surface area contributed by atoms with Gasteiger partial charge in [0.2, 0.25) is 0 Å². The number of likely N-dealkylation sites (tertiary alicyclic amines) is 1. The third kappa shape index (κ3) is 4.04. The van der Waals surface area contributed by atoms with Gasteiger partial charge < -0.3 is 20.7 Å². The van der Waals surface area contributed by atoms with Crippen LogP contribution in [0.2, 0.25) is 5.15 Å². The van der Waals surface area contributed by atoms with Gasteiger partial charge in [-0.2, -0.15) is 0 Å². The zero-order valence-electron chi connectivity index (χ0n) is 14.5. The Balaban J connectivity index is 1.76. The van der Waals surface area contributed by atoms with Crippen LogP contribution in [-0.4, -0.2) is 45.7 Å². The highest BCUT2D eigenvalue weighted by molar-refractivity contribution is 6.29. The number of carbonyl (C=O) groups is 1. The predicted octanol–water partition coefficient (Wildman–Crippen LogP) is 3.29. The summed E-state index contributed by atoms with van der Waals surface area (Å²) < 4.78 is 5.42. The van der Waals surface area contributed by atoms with Crippen LogP contribution >= 0.6 is 11.6 Å². The number of rotatable bonds is 2. The summed E-state index contributed by atoms with van der Waals surface area (Å²) in [5.74, 6) is 0. The van der Waals surface area contributed by atoms with Gasteiger partial charge in [-0.05, 0) is 39.3 Å². The summed E-state index contributed by atoms with van der Waals surface area (Å²) >= 11 is 6.01. The van der Waals surface area contributed by atoms with Crippen molar-refractivity contribution in [3.63, 3.8) is 0 Å². The number of ether oxygens (including phenoxy) is 1. The Kier molecular flexibility index (Phi) is 4.60. The van der Waals surface area contributed by atoms with E-state index in [0.29, 0.717) is 40.7 Å². The monoisotopic (exact) mass is 363 g/mol. The SMILES string of the molecule is CC(C)(C)OC(=O)N1CCC(Nc2c(N)cnc3ccc(Cl)nc23)C1. The molecule has 1 unspecified atom stereocenters. The van der Waals surface area contributed by atoms with Crippen molar-refractivity contribution < 1.29 is 9.53 Å². The second-order valence-corrected chi connectivity index (χ2v) is 7.53. The number of nitrogen functional groups attached to an aromatic ring is 1. The molecule has 3 heterocycles. The van der Waals surface area contributed by atoms with E-state index in [1.54, 1.807) is 23.2 Å². The summed E-state index contributed by atoms with van der Waals surface area (Å²) in [5, 5.41) is 3.77. The Morgan fingerprint density at radius 1 is 1.44 bits per heavy atom. The van der Waals surface area contributed by atoms with Crippen LogP contribution in [0.25, 0.3) is 11.0 Å². The number of fused-ring (bicyclic) bond motifs is 1. The lowest BCUT2D eigenvalue weighted by molar-refractivity contribution is 0.0293. The lowest BCUT2D eigenvalue weighted by atomic mass is 10.2. The Morgan fingerprint density at radius 3 is 2.92 bits per heavy atom. The van der Waals surface area contributed by atoms with E-state index in [1.165, 1.54) is 0 Å². The van der Waals surface area contributed by atoms with E-state index < -0.39 is 5.60 Å². The van der Waals surface area contributed by atoms with Crippen molar-refractivity contribution in [2.45, 2.75) is 38.8 Å². The Morgan fingerprint density at radius 2 is 2.20 bits per heavy atom. The number of hydrogen-bond donors (Lipinski definition) is 2. The molecule has 8 heteroatoms. The minimum absolute atomic E-state index is 0.0567. The van der Waals surface area contributed by atoms with Crippen molar-refractivity contribution in [3.05, 3.63) is 23.5 Å². The second kappa shape index (κ2) is 6.55. The van der Waals surface area contributed by atoms with E-state index in [4.69, 9.17) is 22.1 Å². The van der Waals surface area contributed by atoms with Crippen molar-refractivity contribution in [2.24, 2.45) is 0 Å². The lowest BCUT2D eigenvalue weighted by Gasteiger charge is -2.24. The van der Waals surface area contributed by atoms with Crippen molar-refractivity contribution in [2.75, 3.05) is 24.1 Å². The molecular weight excluding hydrogens is 342 g/mol. The number of pyridine rings is 2. The fourth-order valence-corrected chi connectivity index (χ4v) is 2.93. The van der Waals surface area contributed by atoms with Crippen molar-refractivity contribution >= 4 is 40.1 Å². The maximum atomic E-state index is 12.2. The van der Waals surface area contributed by atoms with E-state index in [-0.39, 0.29) is 12.1 Å². The molecule has 1 amide bonds. The second-order valence-electron chi connectivity index (χ2n) is 7.15. The zero-order chi connectivity index (χ0) is 18.2. The van der Waals surface area contributed by atoms with Crippen molar-refractivity contribution in [1.29, 1.82) is 0 Å². The maximum Gasteiger partial charge on any atom is 0.410 e. The lowest BCUT2D eigenvalue weighted by Crippen LogP contribution is -2.36. The Bertz CT molecular complexity index is 800. The first-order chi connectivity index (χ1) is 11.7. The number of anilines is 2. The number of amides is 1. The van der Waals surface area contributed by atoms with Crippen LogP contribution in [0.3, 0.4) is 0 Å². The summed E-state index contributed by atoms with van der Waals surface area (Å²) in [4.78, 5) is 22.5. The van der Waals surface area contributed by atoms with Gasteiger partial charge in [0.05, 0.1) is 23.1 Å². The molecule has 0 aromatic carbocycles. The van der Waals surface area contributed by atoms with Gasteiger partial charge in [-0.1, -0.05) is 11.6 Å². The summed E-state index contributed by atoms with van der Waals surface area (Å²) in [6, 6.07) is 3.55. The zero-order valence-corrected chi connectivity index (χ0v) is 15.3. The Hall–Kier alpha value is -2.28. The molecule has 1 saturated heterocycles. The van der Waals surface area contributed by atoms with Gasteiger partial charge in [0.1, 0.15) is 16.3 Å². The van der Waals surface area contributed by atoms with E-state index >= 15 is 0 Å². The summed E-state index contributed by atoms with van der Waals surface area (Å²) in [6.45, 7) is 6.74. The highest BCUT2D eigenvalue weighted by Crippen LogP contribution is 2.29. The van der Waals surface area contributed by atoms with Crippen LogP contribution < -0.4 is 11.1 Å². The molecule has 1 atom stereocenters. The molecule has 1 fully saturated rings. The van der Waals surface area contributed by atoms with Crippen LogP contribution in [0.4, 0.5) is 16.2 Å². The summed E-state index contributed by atoms with van der Waals surface area (Å²) in [7, 11) is 0. The van der Waals surface area contributed by atoms with Gasteiger partial charge >= 0.3 is 6.09 Å². The highest BCUT2D eigenvalue weighted by atomic mass is 35.5. The molecule has 2 aromatic rings. The predicted molar refractivity (Wildman–Crippen MR) is 98.8 cm³/mol. The van der Waals surface area contributed by atoms with Crippen LogP contribution in [0.1, 0.15) is 27.2 Å². The van der Waals surface area contributed by atoms with E-state index in [0.717, 1.165) is 6.42 Å². The summed E-state index contributed by atoms with van der Waals surface area (Å²) in [6.07, 6.45) is 2.09. The van der Waals surface area contributed by atoms with Gasteiger partial charge in [0, 0.05) is 19.1 Å². The van der Waals surface area contributed by atoms with Gasteiger partial charge in [-0.3, -0.25) is 4.98 Å². The van der Waals surface area contributed by atoms with Crippen LogP contribution in [-0.2, 0) is 4.74 Å². The highest BCUT2D eigenvalue weighted by Gasteiger charge is 2.30. The van der Waals surface area contributed by atoms with Crippen molar-refractivity contribution in [3.8, 4) is 0 Å². The summed E-state index contributed by atoms with van der Waals surface area (Å²) in [5.41, 5.74) is 8.11. The minimum Gasteiger partial charge on any atom is -0.444 e. The number of halogens is 1. The van der Waals surface area contributed by atoms with Crippen molar-refractivity contribution in [1.82, 2.24) is 14.9 Å². The first kappa shape index (κ1) is 17.5. The van der Waals surface area contributed by atoms with Gasteiger partial charge in [-0.15, -0.1) is 0 Å². The average molecular weight is 364 g/mol. The molecule has 0 aliphatic carbocycles. The minimum atomic E-state index is -0.505. The quantitative estimate of drug-likeness (QED) is 0.795. The Labute approximate surface area is 151 Å². The molecular formula is C17H22ClN5O2. The standard InChI is InChI=1S/C17H22ClN5O2/c1-17(2,3)25-16(24)23-7-6-10(9-23)21-14-11(19)8-20-12-4-5-13(18)22-15(12)14/h4-5,8,10H,6-7,9,19H2,1-3H3,(H,20,21). The fraction of sp³-hybridized carbons (Fsp3) is 0.471. The topological polar surface area (TPSA) is 93.4 Å². The average Bonchev–Trinajstić information content (AvgIpc) is 2.97.